The number of benzene rings is 2. The lowest BCUT2D eigenvalue weighted by Crippen LogP contribution is -2.22. The Labute approximate surface area is 166 Å². The van der Waals surface area contributed by atoms with E-state index in [4.69, 9.17) is 11.6 Å². The predicted molar refractivity (Wildman–Crippen MR) is 110 cm³/mol. The van der Waals surface area contributed by atoms with Crippen LogP contribution in [0.3, 0.4) is 0 Å². The summed E-state index contributed by atoms with van der Waals surface area (Å²) in [5.41, 5.74) is 3.62. The molecule has 2 N–H and O–H groups in total. The van der Waals surface area contributed by atoms with Gasteiger partial charge in [0.05, 0.1) is 9.88 Å². The van der Waals surface area contributed by atoms with Crippen LogP contribution in [0.1, 0.15) is 38.7 Å². The number of hydrogen-bond acceptors (Lipinski definition) is 3. The molecule has 0 bridgehead atoms. The number of rotatable bonds is 3. The van der Waals surface area contributed by atoms with Crippen LogP contribution in [0.4, 0.5) is 10.7 Å². The van der Waals surface area contributed by atoms with Crippen molar-refractivity contribution in [2.24, 2.45) is 0 Å². The molecule has 2 aromatic carbocycles. The minimum Gasteiger partial charge on any atom is -0.321 e. The van der Waals surface area contributed by atoms with Crippen molar-refractivity contribution < 1.29 is 9.59 Å². The van der Waals surface area contributed by atoms with E-state index in [2.05, 4.69) is 10.6 Å². The molecule has 1 atom stereocenters. The third kappa shape index (κ3) is 3.48. The topological polar surface area (TPSA) is 58.2 Å². The van der Waals surface area contributed by atoms with Gasteiger partial charge in [-0.05, 0) is 47.9 Å². The molecular weight excluding hydrogens is 380 g/mol. The number of nitrogens with one attached hydrogen (secondary N) is 2. The number of hydrogen-bond donors (Lipinski definition) is 2. The van der Waals surface area contributed by atoms with Crippen molar-refractivity contribution in [3.8, 4) is 0 Å². The van der Waals surface area contributed by atoms with Gasteiger partial charge in [-0.3, -0.25) is 9.59 Å². The minimum absolute atomic E-state index is 0.0521. The molecule has 2 amide bonds. The van der Waals surface area contributed by atoms with E-state index in [0.717, 1.165) is 27.4 Å². The fourth-order valence-corrected chi connectivity index (χ4v) is 4.82. The summed E-state index contributed by atoms with van der Waals surface area (Å²) >= 11 is 7.47. The summed E-state index contributed by atoms with van der Waals surface area (Å²) in [6, 6.07) is 16.9. The third-order valence-corrected chi connectivity index (χ3v) is 6.13. The lowest BCUT2D eigenvalue weighted by Gasteiger charge is -2.24. The fraction of sp³-hybridized carbons (Fsp3) is 0.143. The van der Waals surface area contributed by atoms with Crippen LogP contribution >= 0.6 is 22.9 Å². The largest absolute Gasteiger partial charge is 0.321 e. The molecule has 6 heteroatoms. The van der Waals surface area contributed by atoms with Crippen molar-refractivity contribution in [1.29, 1.82) is 0 Å². The van der Waals surface area contributed by atoms with Crippen LogP contribution < -0.4 is 10.6 Å². The summed E-state index contributed by atoms with van der Waals surface area (Å²) in [5, 5.41) is 7.22. The van der Waals surface area contributed by atoms with E-state index < -0.39 is 0 Å². The first-order valence-electron chi connectivity index (χ1n) is 8.58. The van der Waals surface area contributed by atoms with Crippen LogP contribution in [-0.2, 0) is 4.79 Å². The number of para-hydroxylation sites is 1. The van der Waals surface area contributed by atoms with Gasteiger partial charge in [-0.2, -0.15) is 0 Å². The molecule has 3 aromatic rings. The summed E-state index contributed by atoms with van der Waals surface area (Å²) in [6.45, 7) is 1.93. The molecule has 27 heavy (non-hydrogen) atoms. The highest BCUT2D eigenvalue weighted by atomic mass is 35.5. The summed E-state index contributed by atoms with van der Waals surface area (Å²) in [5.74, 6) is -0.331. The lowest BCUT2D eigenvalue weighted by molar-refractivity contribution is -0.116. The van der Waals surface area contributed by atoms with Gasteiger partial charge in [0.1, 0.15) is 0 Å². The van der Waals surface area contributed by atoms with Crippen molar-refractivity contribution in [1.82, 2.24) is 0 Å². The van der Waals surface area contributed by atoms with Crippen molar-refractivity contribution in [2.45, 2.75) is 19.3 Å². The zero-order valence-electron chi connectivity index (χ0n) is 14.6. The molecule has 0 saturated carbocycles. The average molecular weight is 397 g/mol. The number of anilines is 2. The molecule has 2 heterocycles. The van der Waals surface area contributed by atoms with Crippen molar-refractivity contribution in [3.05, 3.63) is 81.2 Å². The van der Waals surface area contributed by atoms with Gasteiger partial charge in [0, 0.05) is 23.0 Å². The average Bonchev–Trinajstić information content (AvgIpc) is 2.98. The smallest absolute Gasteiger partial charge is 0.266 e. The molecule has 1 aromatic heterocycles. The van der Waals surface area contributed by atoms with Gasteiger partial charge in [-0.15, -0.1) is 11.3 Å². The predicted octanol–water partition coefficient (Wildman–Crippen LogP) is 5.44. The zero-order chi connectivity index (χ0) is 19.0. The molecular formula is C21H17ClN2O2S. The summed E-state index contributed by atoms with van der Waals surface area (Å²) < 4.78 is 0. The fourth-order valence-electron chi connectivity index (χ4n) is 3.44. The molecule has 0 spiro atoms. The molecule has 0 aliphatic carbocycles. The Hall–Kier alpha value is -2.63. The summed E-state index contributed by atoms with van der Waals surface area (Å²) in [6.07, 6.45) is 0.338. The van der Waals surface area contributed by atoms with Gasteiger partial charge in [0.15, 0.2) is 0 Å². The van der Waals surface area contributed by atoms with E-state index in [1.165, 1.54) is 11.3 Å². The second-order valence-corrected chi connectivity index (χ2v) is 7.94. The number of thiophene rings is 1. The highest BCUT2D eigenvalue weighted by molar-refractivity contribution is 7.18. The van der Waals surface area contributed by atoms with Crippen LogP contribution in [0.25, 0.3) is 0 Å². The Morgan fingerprint density at radius 2 is 1.96 bits per heavy atom. The number of fused-ring (bicyclic) bond motifs is 1. The first-order chi connectivity index (χ1) is 13.0. The first kappa shape index (κ1) is 17.8. The number of amides is 2. The van der Waals surface area contributed by atoms with Crippen molar-refractivity contribution >= 4 is 45.4 Å². The molecule has 4 nitrogen and oxygen atoms in total. The molecule has 1 aliphatic rings. The van der Waals surface area contributed by atoms with Gasteiger partial charge < -0.3 is 10.6 Å². The maximum atomic E-state index is 12.8. The standard InChI is InChI=1S/C21H17ClN2O2S/c1-12-18-16(13-6-5-7-14(22)10-13)11-17(25)24-21(18)27-19(12)20(26)23-15-8-3-2-4-9-15/h2-10,16H,11H2,1H3,(H,23,26)(H,24,25). The Balaban J connectivity index is 1.73. The Bertz CT molecular complexity index is 1030. The van der Waals surface area contributed by atoms with Crippen LogP contribution in [0.2, 0.25) is 5.02 Å². The highest BCUT2D eigenvalue weighted by Crippen LogP contribution is 2.45. The zero-order valence-corrected chi connectivity index (χ0v) is 16.2. The van der Waals surface area contributed by atoms with Gasteiger partial charge in [-0.25, -0.2) is 0 Å². The van der Waals surface area contributed by atoms with Crippen LogP contribution in [-0.4, -0.2) is 11.8 Å². The number of carbonyl (C=O) groups excluding carboxylic acids is 2. The summed E-state index contributed by atoms with van der Waals surface area (Å²) in [4.78, 5) is 25.6. The first-order valence-corrected chi connectivity index (χ1v) is 9.77. The Morgan fingerprint density at radius 1 is 1.19 bits per heavy atom. The number of carbonyl (C=O) groups is 2. The lowest BCUT2D eigenvalue weighted by atomic mass is 9.85. The third-order valence-electron chi connectivity index (χ3n) is 4.67. The van der Waals surface area contributed by atoms with Gasteiger partial charge in [0.25, 0.3) is 5.91 Å². The molecule has 0 saturated heterocycles. The molecule has 1 unspecified atom stereocenters. The maximum absolute atomic E-state index is 12.8. The van der Waals surface area contributed by atoms with Gasteiger partial charge >= 0.3 is 0 Å². The van der Waals surface area contributed by atoms with Crippen LogP contribution in [0.5, 0.6) is 0 Å². The van der Waals surface area contributed by atoms with Crippen molar-refractivity contribution in [2.75, 3.05) is 10.6 Å². The van der Waals surface area contributed by atoms with Crippen LogP contribution in [0.15, 0.2) is 54.6 Å². The Morgan fingerprint density at radius 3 is 2.70 bits per heavy atom. The molecule has 136 valence electrons. The van der Waals surface area contributed by atoms with Gasteiger partial charge in [-0.1, -0.05) is 41.9 Å². The molecule has 1 aliphatic heterocycles. The van der Waals surface area contributed by atoms with E-state index in [0.29, 0.717) is 16.3 Å². The monoisotopic (exact) mass is 396 g/mol. The maximum Gasteiger partial charge on any atom is 0.266 e. The van der Waals surface area contributed by atoms with Crippen LogP contribution in [0, 0.1) is 6.92 Å². The quantitative estimate of drug-likeness (QED) is 0.619. The van der Waals surface area contributed by atoms with E-state index in [-0.39, 0.29) is 17.7 Å². The van der Waals surface area contributed by atoms with Crippen molar-refractivity contribution in [3.63, 3.8) is 0 Å². The SMILES string of the molecule is Cc1c(C(=O)Nc2ccccc2)sc2c1C(c1cccc(Cl)c1)CC(=O)N2. The summed E-state index contributed by atoms with van der Waals surface area (Å²) in [7, 11) is 0. The second kappa shape index (κ2) is 7.18. The molecule has 4 rings (SSSR count). The van der Waals surface area contributed by atoms with E-state index >= 15 is 0 Å². The molecule has 0 fully saturated rings. The normalized spacial score (nSPS) is 15.8. The number of halogens is 1. The molecule has 0 radical (unpaired) electrons. The van der Waals surface area contributed by atoms with E-state index in [1.54, 1.807) is 0 Å². The highest BCUT2D eigenvalue weighted by Gasteiger charge is 2.32. The van der Waals surface area contributed by atoms with E-state index in [9.17, 15) is 9.59 Å². The minimum atomic E-state index is -0.169. The van der Waals surface area contributed by atoms with Gasteiger partial charge in [0.2, 0.25) is 5.91 Å². The second-order valence-electron chi connectivity index (χ2n) is 6.48. The Kier molecular flexibility index (Phi) is 4.72. The van der Waals surface area contributed by atoms with E-state index in [1.807, 2.05) is 61.5 Å².